The van der Waals surface area contributed by atoms with Crippen LogP contribution in [0.5, 0.6) is 5.75 Å². The molecule has 0 fully saturated rings. The molecule has 2 nitrogen and oxygen atoms in total. The first-order chi connectivity index (χ1) is 10.7. The third-order valence-corrected chi connectivity index (χ3v) is 3.61. The molecule has 0 aromatic heterocycles. The van der Waals surface area contributed by atoms with Crippen molar-refractivity contribution in [3.8, 4) is 40.3 Å². The smallest absolute Gasteiger partial charge is 0.133 e. The van der Waals surface area contributed by atoms with Crippen LogP contribution in [-0.2, 0) is 0 Å². The number of hydrogen-bond donors (Lipinski definition) is 2. The van der Waals surface area contributed by atoms with Gasteiger partial charge in [-0.15, -0.1) is 6.42 Å². The van der Waals surface area contributed by atoms with E-state index in [0.717, 1.165) is 22.3 Å². The number of phenolic OH excluding ortho intramolecular Hbond substituents is 1. The minimum atomic E-state index is 0.0264. The highest BCUT2D eigenvalue weighted by atomic mass is 16.3. The Hall–Kier alpha value is -3.18. The van der Waals surface area contributed by atoms with Crippen molar-refractivity contribution in [2.45, 2.75) is 0 Å². The molecule has 0 unspecified atom stereocenters. The first kappa shape index (κ1) is 13.8. The maximum atomic E-state index is 10.2. The van der Waals surface area contributed by atoms with E-state index >= 15 is 0 Å². The van der Waals surface area contributed by atoms with Gasteiger partial charge in [0.05, 0.1) is 5.56 Å². The highest BCUT2D eigenvalue weighted by Gasteiger charge is 2.18. The van der Waals surface area contributed by atoms with Gasteiger partial charge in [0.1, 0.15) is 5.75 Å². The van der Waals surface area contributed by atoms with Gasteiger partial charge < -0.3 is 10.8 Å². The molecule has 0 atom stereocenters. The van der Waals surface area contributed by atoms with Crippen LogP contribution < -0.4 is 5.73 Å². The molecule has 0 radical (unpaired) electrons. The topological polar surface area (TPSA) is 46.2 Å². The third-order valence-electron chi connectivity index (χ3n) is 3.61. The number of rotatable bonds is 2. The molecule has 3 aromatic rings. The minimum absolute atomic E-state index is 0.0264. The van der Waals surface area contributed by atoms with Gasteiger partial charge in [-0.3, -0.25) is 0 Å². The van der Waals surface area contributed by atoms with Crippen molar-refractivity contribution in [1.29, 1.82) is 0 Å². The average Bonchev–Trinajstić information content (AvgIpc) is 2.56. The quantitative estimate of drug-likeness (QED) is 0.545. The third kappa shape index (κ3) is 2.30. The van der Waals surface area contributed by atoms with Gasteiger partial charge in [0.25, 0.3) is 0 Å². The van der Waals surface area contributed by atoms with Gasteiger partial charge >= 0.3 is 0 Å². The van der Waals surface area contributed by atoms with Crippen molar-refractivity contribution < 1.29 is 5.11 Å². The van der Waals surface area contributed by atoms with Gasteiger partial charge in [-0.2, -0.15) is 0 Å². The summed E-state index contributed by atoms with van der Waals surface area (Å²) in [7, 11) is 0. The maximum absolute atomic E-state index is 10.2. The summed E-state index contributed by atoms with van der Waals surface area (Å²) in [5.74, 6) is 2.62. The van der Waals surface area contributed by atoms with Crippen LogP contribution in [0, 0.1) is 12.3 Å². The Morgan fingerprint density at radius 1 is 0.818 bits per heavy atom. The fraction of sp³-hybridized carbons (Fsp3) is 0. The van der Waals surface area contributed by atoms with Crippen molar-refractivity contribution in [1.82, 2.24) is 0 Å². The van der Waals surface area contributed by atoms with Crippen LogP contribution in [0.2, 0.25) is 0 Å². The molecule has 0 saturated heterocycles. The maximum Gasteiger partial charge on any atom is 0.133 e. The van der Waals surface area contributed by atoms with Crippen molar-refractivity contribution >= 4 is 5.69 Å². The first-order valence-electron chi connectivity index (χ1n) is 6.95. The number of terminal acetylenes is 1. The van der Waals surface area contributed by atoms with E-state index in [1.54, 1.807) is 0 Å². The van der Waals surface area contributed by atoms with Crippen LogP contribution in [0.3, 0.4) is 0 Å². The Labute approximate surface area is 129 Å². The number of nitrogen functional groups attached to an aromatic ring is 1. The fourth-order valence-electron chi connectivity index (χ4n) is 2.64. The predicted molar refractivity (Wildman–Crippen MR) is 91.3 cm³/mol. The molecule has 0 bridgehead atoms. The monoisotopic (exact) mass is 285 g/mol. The lowest BCUT2D eigenvalue weighted by atomic mass is 9.89. The second-order valence-electron chi connectivity index (χ2n) is 4.99. The van der Waals surface area contributed by atoms with Crippen LogP contribution >= 0.6 is 0 Å². The molecule has 0 aliphatic carbocycles. The van der Waals surface area contributed by atoms with Crippen LogP contribution in [0.25, 0.3) is 22.3 Å². The zero-order chi connectivity index (χ0) is 15.5. The molecular weight excluding hydrogens is 270 g/mol. The summed E-state index contributed by atoms with van der Waals surface area (Å²) in [5, 5.41) is 10.2. The molecule has 0 heterocycles. The molecule has 0 spiro atoms. The van der Waals surface area contributed by atoms with Crippen LogP contribution in [0.15, 0.2) is 66.7 Å². The van der Waals surface area contributed by atoms with E-state index in [1.807, 2.05) is 60.7 Å². The van der Waals surface area contributed by atoms with E-state index in [0.29, 0.717) is 11.3 Å². The number of phenols is 1. The summed E-state index contributed by atoms with van der Waals surface area (Å²) >= 11 is 0. The molecule has 0 aliphatic rings. The summed E-state index contributed by atoms with van der Waals surface area (Å²) in [4.78, 5) is 0. The van der Waals surface area contributed by atoms with Gasteiger partial charge in [-0.05, 0) is 11.1 Å². The highest BCUT2D eigenvalue weighted by molar-refractivity contribution is 5.95. The Balaban J connectivity index is 2.42. The van der Waals surface area contributed by atoms with Gasteiger partial charge in [-0.1, -0.05) is 66.6 Å². The van der Waals surface area contributed by atoms with E-state index in [2.05, 4.69) is 5.92 Å². The lowest BCUT2D eigenvalue weighted by molar-refractivity contribution is 0.474. The number of hydrogen-bond acceptors (Lipinski definition) is 2. The molecular formula is C20H15NO. The van der Waals surface area contributed by atoms with Gasteiger partial charge in [0.15, 0.2) is 0 Å². The second-order valence-corrected chi connectivity index (χ2v) is 4.99. The number of benzene rings is 3. The normalized spacial score (nSPS) is 10.1. The molecule has 0 aliphatic heterocycles. The lowest BCUT2D eigenvalue weighted by Crippen LogP contribution is -1.97. The Morgan fingerprint density at radius 2 is 1.32 bits per heavy atom. The van der Waals surface area contributed by atoms with E-state index in [4.69, 9.17) is 12.2 Å². The zero-order valence-corrected chi connectivity index (χ0v) is 12.0. The van der Waals surface area contributed by atoms with Gasteiger partial charge in [-0.25, -0.2) is 0 Å². The van der Waals surface area contributed by atoms with E-state index in [1.165, 1.54) is 6.07 Å². The molecule has 22 heavy (non-hydrogen) atoms. The van der Waals surface area contributed by atoms with Crippen molar-refractivity contribution in [2.75, 3.05) is 5.73 Å². The number of aromatic hydroxyl groups is 1. The van der Waals surface area contributed by atoms with Crippen LogP contribution in [0.4, 0.5) is 5.69 Å². The molecule has 2 heteroatoms. The predicted octanol–water partition coefficient (Wildman–Crippen LogP) is 4.29. The first-order valence-corrected chi connectivity index (χ1v) is 6.95. The standard InChI is InChI=1S/C20H15NO/c1-2-16-18(22)13-17(21)20(15-11-7-4-8-12-15)19(16)14-9-5-3-6-10-14/h1,3-13,22H,21H2. The Morgan fingerprint density at radius 3 is 1.82 bits per heavy atom. The van der Waals surface area contributed by atoms with Crippen LogP contribution in [-0.4, -0.2) is 5.11 Å². The summed E-state index contributed by atoms with van der Waals surface area (Å²) in [6.07, 6.45) is 5.64. The molecule has 3 N–H and O–H groups in total. The average molecular weight is 285 g/mol. The highest BCUT2D eigenvalue weighted by Crippen LogP contribution is 2.42. The fourth-order valence-corrected chi connectivity index (χ4v) is 2.64. The largest absolute Gasteiger partial charge is 0.507 e. The molecule has 3 aromatic carbocycles. The Bertz CT molecular complexity index is 846. The van der Waals surface area contributed by atoms with E-state index in [9.17, 15) is 5.11 Å². The Kier molecular flexibility index (Phi) is 3.55. The summed E-state index contributed by atoms with van der Waals surface area (Å²) in [6.45, 7) is 0. The lowest BCUT2D eigenvalue weighted by Gasteiger charge is -2.16. The molecule has 0 saturated carbocycles. The van der Waals surface area contributed by atoms with Crippen molar-refractivity contribution in [3.05, 3.63) is 72.3 Å². The summed E-state index contributed by atoms with van der Waals surface area (Å²) in [6, 6.07) is 21.1. The summed E-state index contributed by atoms with van der Waals surface area (Å²) in [5.41, 5.74) is 10.7. The summed E-state index contributed by atoms with van der Waals surface area (Å²) < 4.78 is 0. The molecule has 106 valence electrons. The van der Waals surface area contributed by atoms with Crippen LogP contribution in [0.1, 0.15) is 5.56 Å². The van der Waals surface area contributed by atoms with Crippen molar-refractivity contribution in [3.63, 3.8) is 0 Å². The van der Waals surface area contributed by atoms with E-state index < -0.39 is 0 Å². The van der Waals surface area contributed by atoms with E-state index in [-0.39, 0.29) is 5.75 Å². The minimum Gasteiger partial charge on any atom is -0.507 e. The molecule has 3 rings (SSSR count). The number of nitrogens with two attached hydrogens (primary N) is 1. The van der Waals surface area contributed by atoms with Gasteiger partial charge in [0.2, 0.25) is 0 Å². The SMILES string of the molecule is C#Cc1c(O)cc(N)c(-c2ccccc2)c1-c1ccccc1. The second kappa shape index (κ2) is 5.67. The molecule has 0 amide bonds. The zero-order valence-electron chi connectivity index (χ0n) is 12.0. The number of anilines is 1. The van der Waals surface area contributed by atoms with Gasteiger partial charge in [0, 0.05) is 22.9 Å². The van der Waals surface area contributed by atoms with Crippen molar-refractivity contribution in [2.24, 2.45) is 0 Å².